The van der Waals surface area contributed by atoms with Crippen molar-refractivity contribution in [3.8, 4) is 6.07 Å². The van der Waals surface area contributed by atoms with Crippen molar-refractivity contribution in [1.29, 1.82) is 5.26 Å². The number of allylic oxidation sites excluding steroid dienone is 1. The van der Waals surface area contributed by atoms with E-state index in [-0.39, 0.29) is 23.5 Å². The first kappa shape index (κ1) is 13.6. The molecule has 0 atom stereocenters. The maximum absolute atomic E-state index is 8.40. The number of hydrogen-bond donors (Lipinski definition) is 4. The van der Waals surface area contributed by atoms with Crippen molar-refractivity contribution in [2.75, 3.05) is 17.6 Å². The van der Waals surface area contributed by atoms with E-state index in [1.807, 2.05) is 6.07 Å². The first-order chi connectivity index (χ1) is 9.65. The molecule has 0 aliphatic carbocycles. The van der Waals surface area contributed by atoms with Crippen molar-refractivity contribution >= 4 is 40.6 Å². The van der Waals surface area contributed by atoms with Crippen molar-refractivity contribution in [1.82, 2.24) is 20.2 Å². The van der Waals surface area contributed by atoms with Gasteiger partial charge in [-0.3, -0.25) is 10.1 Å². The minimum Gasteiger partial charge on any atom is -0.403 e. The highest BCUT2D eigenvalue weighted by molar-refractivity contribution is 6.35. The molecule has 2 aromatic heterocycles. The molecule has 0 unspecified atom stereocenters. The Balaban J connectivity index is 2.28. The van der Waals surface area contributed by atoms with Crippen LogP contribution in [0.2, 0.25) is 5.15 Å². The summed E-state index contributed by atoms with van der Waals surface area (Å²) in [4.78, 5) is 12.0. The number of hydrogen-bond acceptors (Lipinski definition) is 8. The summed E-state index contributed by atoms with van der Waals surface area (Å²) in [7, 11) is 0. The molecule has 2 rings (SSSR count). The molecule has 0 spiro atoms. The highest BCUT2D eigenvalue weighted by Gasteiger charge is 2.12. The van der Waals surface area contributed by atoms with E-state index in [9.17, 15) is 0 Å². The topological polar surface area (TPSA) is 155 Å². The Morgan fingerprint density at radius 3 is 3.05 bits per heavy atom. The third-order valence-corrected chi connectivity index (χ3v) is 2.50. The number of aromatic amines is 1. The van der Waals surface area contributed by atoms with Crippen LogP contribution in [0.3, 0.4) is 0 Å². The number of nitriles is 1. The van der Waals surface area contributed by atoms with E-state index < -0.39 is 0 Å². The van der Waals surface area contributed by atoms with E-state index in [1.54, 1.807) is 0 Å². The van der Waals surface area contributed by atoms with Gasteiger partial charge in [0.2, 0.25) is 5.95 Å². The third-order valence-electron chi connectivity index (χ3n) is 2.23. The van der Waals surface area contributed by atoms with Gasteiger partial charge < -0.3 is 16.8 Å². The van der Waals surface area contributed by atoms with E-state index in [0.717, 1.165) is 0 Å². The Morgan fingerprint density at radius 1 is 1.55 bits per heavy atom. The number of nitrogens with zero attached hydrogens (tertiary/aromatic N) is 5. The molecular formula is C10H10ClN9. The molecule has 0 aromatic carbocycles. The van der Waals surface area contributed by atoms with Gasteiger partial charge in [-0.2, -0.15) is 20.3 Å². The molecule has 0 fully saturated rings. The average molecular weight is 292 g/mol. The zero-order chi connectivity index (χ0) is 14.5. The second-order valence-corrected chi connectivity index (χ2v) is 3.92. The average Bonchev–Trinajstić information content (AvgIpc) is 2.80. The number of nitrogen functional groups attached to an aromatic ring is 1. The summed E-state index contributed by atoms with van der Waals surface area (Å²) in [6.45, 7) is 0.0238. The van der Waals surface area contributed by atoms with Crippen LogP contribution in [0.25, 0.3) is 11.0 Å². The molecule has 6 N–H and O–H groups in total. The molecule has 10 heteroatoms. The molecule has 0 radical (unpaired) electrons. The summed E-state index contributed by atoms with van der Waals surface area (Å²) < 4.78 is 0. The van der Waals surface area contributed by atoms with Gasteiger partial charge in [0.15, 0.2) is 5.65 Å². The largest absolute Gasteiger partial charge is 0.403 e. The normalized spacial score (nSPS) is 11.9. The molecule has 0 aliphatic heterocycles. The summed E-state index contributed by atoms with van der Waals surface area (Å²) in [6, 6.07) is 1.87. The molecule has 0 saturated carbocycles. The van der Waals surface area contributed by atoms with Crippen LogP contribution >= 0.6 is 11.6 Å². The number of fused-ring (bicyclic) bond motifs is 1. The number of H-pyrrole nitrogens is 1. The number of halogens is 1. The number of aromatic nitrogens is 4. The standard InChI is InChI=1S/C10H10ClN9/c11-7-6-8(14)17-10(18-9(6)20-19-7)16-5(3-13)4-15-2-1-12/h3-4H,2,13H2,(H4,14,16,17,18,19,20). The molecule has 102 valence electrons. The monoisotopic (exact) mass is 291 g/mol. The maximum Gasteiger partial charge on any atom is 0.231 e. The Labute approximate surface area is 118 Å². The molecule has 2 heterocycles. The highest BCUT2D eigenvalue weighted by atomic mass is 35.5. The molecule has 0 saturated heterocycles. The lowest BCUT2D eigenvalue weighted by Gasteiger charge is -2.05. The summed E-state index contributed by atoms with van der Waals surface area (Å²) in [6.07, 6.45) is 2.66. The highest BCUT2D eigenvalue weighted by Crippen LogP contribution is 2.24. The number of aliphatic imine (C=N–C) groups is 1. The lowest BCUT2D eigenvalue weighted by Crippen LogP contribution is -2.08. The van der Waals surface area contributed by atoms with Crippen molar-refractivity contribution < 1.29 is 0 Å². The van der Waals surface area contributed by atoms with Crippen LogP contribution in [-0.4, -0.2) is 32.9 Å². The Hall–Kier alpha value is -2.86. The lowest BCUT2D eigenvalue weighted by molar-refractivity contribution is 1.09. The van der Waals surface area contributed by atoms with Crippen LogP contribution in [0.15, 0.2) is 16.9 Å². The fourth-order valence-electron chi connectivity index (χ4n) is 1.40. The van der Waals surface area contributed by atoms with Gasteiger partial charge in [0.05, 0.1) is 11.8 Å². The van der Waals surface area contributed by atoms with Crippen molar-refractivity contribution in [2.45, 2.75) is 0 Å². The Kier molecular flexibility index (Phi) is 3.97. The number of rotatable bonds is 4. The van der Waals surface area contributed by atoms with E-state index in [0.29, 0.717) is 16.7 Å². The Morgan fingerprint density at radius 2 is 2.35 bits per heavy atom. The number of nitrogens with one attached hydrogen (secondary N) is 2. The van der Waals surface area contributed by atoms with E-state index >= 15 is 0 Å². The van der Waals surface area contributed by atoms with Gasteiger partial charge in [-0.15, -0.1) is 0 Å². The van der Waals surface area contributed by atoms with Crippen LogP contribution in [0.1, 0.15) is 0 Å². The Bertz CT molecular complexity index is 724. The first-order valence-electron chi connectivity index (χ1n) is 5.38. The predicted octanol–water partition coefficient (Wildman–Crippen LogP) is 0.395. The van der Waals surface area contributed by atoms with Gasteiger partial charge in [0.1, 0.15) is 22.9 Å². The van der Waals surface area contributed by atoms with Crippen LogP contribution < -0.4 is 16.8 Å². The molecule has 2 aromatic rings. The second kappa shape index (κ2) is 5.85. The summed E-state index contributed by atoms with van der Waals surface area (Å²) in [5.41, 5.74) is 12.0. The van der Waals surface area contributed by atoms with Gasteiger partial charge in [-0.05, 0) is 0 Å². The molecule has 9 nitrogen and oxygen atoms in total. The summed E-state index contributed by atoms with van der Waals surface area (Å²) in [5, 5.41) is 18.4. The quantitative estimate of drug-likeness (QED) is 0.469. The van der Waals surface area contributed by atoms with Crippen LogP contribution in [-0.2, 0) is 0 Å². The van der Waals surface area contributed by atoms with Gasteiger partial charge in [-0.25, -0.2) is 0 Å². The predicted molar refractivity (Wildman–Crippen MR) is 76.0 cm³/mol. The molecule has 0 amide bonds. The van der Waals surface area contributed by atoms with Crippen molar-refractivity contribution in [3.63, 3.8) is 0 Å². The first-order valence-corrected chi connectivity index (χ1v) is 5.76. The number of nitrogens with two attached hydrogens (primary N) is 2. The third kappa shape index (κ3) is 2.76. The van der Waals surface area contributed by atoms with Crippen LogP contribution in [0, 0.1) is 11.3 Å². The molecular weight excluding hydrogens is 282 g/mol. The lowest BCUT2D eigenvalue weighted by atomic mass is 10.4. The fourth-order valence-corrected chi connectivity index (χ4v) is 1.63. The number of anilines is 2. The smallest absolute Gasteiger partial charge is 0.231 e. The molecule has 0 bridgehead atoms. The summed E-state index contributed by atoms with van der Waals surface area (Å²) >= 11 is 5.87. The van der Waals surface area contributed by atoms with Crippen molar-refractivity contribution in [2.24, 2.45) is 10.7 Å². The van der Waals surface area contributed by atoms with Crippen LogP contribution in [0.5, 0.6) is 0 Å². The van der Waals surface area contributed by atoms with Gasteiger partial charge >= 0.3 is 0 Å². The fraction of sp³-hybridized carbons (Fsp3) is 0.100. The van der Waals surface area contributed by atoms with Gasteiger partial charge in [0, 0.05) is 12.4 Å². The van der Waals surface area contributed by atoms with Crippen LogP contribution in [0.4, 0.5) is 11.8 Å². The van der Waals surface area contributed by atoms with Gasteiger partial charge in [0.25, 0.3) is 0 Å². The zero-order valence-corrected chi connectivity index (χ0v) is 10.9. The SMILES string of the molecule is N#CCN=CC(=CN)Nc1nc(N)c2c(Cl)[nH]nc2n1. The molecule has 0 aliphatic rings. The van der Waals surface area contributed by atoms with E-state index in [2.05, 4.69) is 30.5 Å². The van der Waals surface area contributed by atoms with Gasteiger partial charge in [-0.1, -0.05) is 11.6 Å². The minimum absolute atomic E-state index is 0.0238. The zero-order valence-electron chi connectivity index (χ0n) is 10.1. The maximum atomic E-state index is 8.40. The van der Waals surface area contributed by atoms with E-state index in [4.69, 9.17) is 28.3 Å². The van der Waals surface area contributed by atoms with E-state index in [1.165, 1.54) is 12.4 Å². The van der Waals surface area contributed by atoms with Crippen molar-refractivity contribution in [3.05, 3.63) is 17.1 Å². The second-order valence-electron chi connectivity index (χ2n) is 3.54. The minimum atomic E-state index is 0.0238. The molecule has 20 heavy (non-hydrogen) atoms. The summed E-state index contributed by atoms with van der Waals surface area (Å²) in [5.74, 6) is 0.375.